The molecule has 0 radical (unpaired) electrons. The third-order valence-corrected chi connectivity index (χ3v) is 11.5. The van der Waals surface area contributed by atoms with Gasteiger partial charge in [-0.1, -0.05) is 68.2 Å². The molecule has 0 aromatic heterocycles. The van der Waals surface area contributed by atoms with Crippen LogP contribution in [0.1, 0.15) is 118 Å². The summed E-state index contributed by atoms with van der Waals surface area (Å²) in [6.07, 6.45) is 12.4. The van der Waals surface area contributed by atoms with Crippen LogP contribution in [-0.4, -0.2) is 65.4 Å². The zero-order valence-electron chi connectivity index (χ0n) is 28.8. The number of carbonyl (C=O) groups excluding carboxylic acids is 2. The van der Waals surface area contributed by atoms with E-state index in [4.69, 9.17) is 4.74 Å². The molecule has 0 aliphatic heterocycles. The van der Waals surface area contributed by atoms with E-state index in [0.717, 1.165) is 68.1 Å². The Morgan fingerprint density at radius 1 is 1.02 bits per heavy atom. The van der Waals surface area contributed by atoms with Crippen LogP contribution in [0.5, 0.6) is 0 Å². The smallest absolute Gasteiger partial charge is 0.321 e. The molecule has 256 valence electrons. The van der Waals surface area contributed by atoms with Crippen molar-refractivity contribution in [2.24, 2.45) is 11.3 Å². The number of hydrogen-bond acceptors (Lipinski definition) is 5. The van der Waals surface area contributed by atoms with E-state index in [-0.39, 0.29) is 30.2 Å². The number of carbonyl (C=O) groups is 2. The SMILES string of the molecule is COCCCN(C[C@]1(O)CC[C@H]2c3ccc(cc3C(=O)C3CCCCC3)C[C@@H](O)CCC(C)=CCC[C@@]21C)C(=O)Nc1ccccc1. The van der Waals surface area contributed by atoms with Crippen LogP contribution >= 0.6 is 0 Å². The summed E-state index contributed by atoms with van der Waals surface area (Å²) in [5.74, 6) is 0.195. The van der Waals surface area contributed by atoms with Gasteiger partial charge in [0.1, 0.15) is 0 Å². The average molecular weight is 645 g/mol. The number of hydrogen-bond donors (Lipinski definition) is 3. The van der Waals surface area contributed by atoms with Crippen LogP contribution in [0.4, 0.5) is 10.5 Å². The maximum atomic E-state index is 14.3. The summed E-state index contributed by atoms with van der Waals surface area (Å²) in [6, 6.07) is 15.5. The minimum atomic E-state index is -1.17. The van der Waals surface area contributed by atoms with E-state index in [1.54, 1.807) is 12.0 Å². The number of anilines is 1. The molecular formula is C40H56N2O5. The maximum Gasteiger partial charge on any atom is 0.321 e. The largest absolute Gasteiger partial charge is 0.393 e. The van der Waals surface area contributed by atoms with Gasteiger partial charge in [0.05, 0.1) is 18.2 Å². The molecule has 2 amide bonds. The van der Waals surface area contributed by atoms with E-state index in [9.17, 15) is 19.8 Å². The Hall–Kier alpha value is -3.00. The second-order valence-corrected chi connectivity index (χ2v) is 14.7. The van der Waals surface area contributed by atoms with Gasteiger partial charge in [-0.15, -0.1) is 0 Å². The summed E-state index contributed by atoms with van der Waals surface area (Å²) in [4.78, 5) is 29.8. The summed E-state index contributed by atoms with van der Waals surface area (Å²) in [5, 5.41) is 26.8. The molecule has 0 unspecified atom stereocenters. The minimum absolute atomic E-state index is 0.0247. The van der Waals surface area contributed by atoms with Crippen molar-refractivity contribution in [1.29, 1.82) is 0 Å². The fourth-order valence-corrected chi connectivity index (χ4v) is 8.49. The van der Waals surface area contributed by atoms with Crippen molar-refractivity contribution < 1.29 is 24.5 Å². The van der Waals surface area contributed by atoms with Crippen molar-refractivity contribution in [1.82, 2.24) is 4.90 Å². The standard InChI is InChI=1S/C40H56N2O5/c1-29-12-10-22-39(2)36(21-23-40(39,46)28-42(24-11-25-47-3)38(45)41-32-15-8-5-9-16-32)34-20-18-30(26-33(43)19-17-29)27-35(34)37(44)31-13-6-4-7-14-31/h5,8-9,12,15-16,18,20,27,31,33,36,43,46H,4,6-7,10-11,13-14,17,19,21-26,28H2,1-3H3,(H,41,45)/t33-,36-,39-,40+/m0/s1. The van der Waals surface area contributed by atoms with Crippen LogP contribution in [0.2, 0.25) is 0 Å². The Kier molecular flexibility index (Phi) is 12.0. The Labute approximate surface area is 281 Å². The molecule has 2 saturated carbocycles. The van der Waals surface area contributed by atoms with Crippen LogP contribution in [0.25, 0.3) is 0 Å². The van der Waals surface area contributed by atoms with Crippen molar-refractivity contribution >= 4 is 17.5 Å². The Morgan fingerprint density at radius 3 is 2.53 bits per heavy atom. The lowest BCUT2D eigenvalue weighted by Crippen LogP contribution is -2.54. The predicted molar refractivity (Wildman–Crippen MR) is 188 cm³/mol. The molecule has 2 aromatic rings. The minimum Gasteiger partial charge on any atom is -0.393 e. The van der Waals surface area contributed by atoms with Gasteiger partial charge in [0.25, 0.3) is 0 Å². The van der Waals surface area contributed by atoms with Crippen molar-refractivity contribution in [3.63, 3.8) is 0 Å². The molecule has 7 heteroatoms. The van der Waals surface area contributed by atoms with Crippen LogP contribution in [0.3, 0.4) is 0 Å². The van der Waals surface area contributed by atoms with Crippen LogP contribution in [-0.2, 0) is 11.2 Å². The van der Waals surface area contributed by atoms with Gasteiger partial charge in [0.2, 0.25) is 0 Å². The third-order valence-electron chi connectivity index (χ3n) is 11.5. The number of methoxy groups -OCH3 is 1. The third kappa shape index (κ3) is 8.36. The van der Waals surface area contributed by atoms with Crippen molar-refractivity contribution in [2.75, 3.05) is 32.1 Å². The number of benzene rings is 2. The zero-order valence-corrected chi connectivity index (χ0v) is 28.8. The number of nitrogens with one attached hydrogen (secondary N) is 1. The summed E-state index contributed by atoms with van der Waals surface area (Å²) in [6.45, 7) is 5.48. The fraction of sp³-hybridized carbons (Fsp3) is 0.600. The Morgan fingerprint density at radius 2 is 1.79 bits per heavy atom. The Balaban J connectivity index is 1.53. The Bertz CT molecular complexity index is 1390. The first-order valence-corrected chi connectivity index (χ1v) is 18.0. The highest BCUT2D eigenvalue weighted by molar-refractivity contribution is 5.99. The summed E-state index contributed by atoms with van der Waals surface area (Å²) >= 11 is 0. The van der Waals surface area contributed by atoms with Gasteiger partial charge >= 0.3 is 6.03 Å². The summed E-state index contributed by atoms with van der Waals surface area (Å²) in [7, 11) is 1.66. The number of nitrogens with zero attached hydrogens (tertiary/aromatic N) is 1. The van der Waals surface area contributed by atoms with Crippen LogP contribution in [0.15, 0.2) is 60.2 Å². The quantitative estimate of drug-likeness (QED) is 0.146. The molecule has 2 fully saturated rings. The number of ketones is 1. The lowest BCUT2D eigenvalue weighted by atomic mass is 9.64. The number of rotatable bonds is 9. The fourth-order valence-electron chi connectivity index (χ4n) is 8.49. The molecule has 2 aromatic carbocycles. The normalized spacial score (nSPS) is 27.0. The molecule has 4 aliphatic carbocycles. The second-order valence-electron chi connectivity index (χ2n) is 14.7. The monoisotopic (exact) mass is 644 g/mol. The van der Waals surface area contributed by atoms with E-state index in [1.165, 1.54) is 12.0 Å². The number of fused-ring (bicyclic) bond motifs is 8. The molecule has 0 saturated heterocycles. The number of urea groups is 1. The van der Waals surface area contributed by atoms with Crippen molar-refractivity contribution in [3.05, 3.63) is 76.9 Å². The van der Waals surface area contributed by atoms with Gasteiger partial charge in [-0.3, -0.25) is 4.79 Å². The topological polar surface area (TPSA) is 99.1 Å². The molecule has 0 heterocycles. The first kappa shape index (κ1) is 35.3. The lowest BCUT2D eigenvalue weighted by Gasteiger charge is -2.46. The van der Waals surface area contributed by atoms with E-state index < -0.39 is 17.1 Å². The van der Waals surface area contributed by atoms with Crippen molar-refractivity contribution in [2.45, 2.75) is 115 Å². The number of amides is 2. The molecule has 6 rings (SSSR count). The van der Waals surface area contributed by atoms with Gasteiger partial charge in [-0.05, 0) is 106 Å². The maximum absolute atomic E-state index is 14.3. The van der Waals surface area contributed by atoms with E-state index >= 15 is 0 Å². The molecule has 47 heavy (non-hydrogen) atoms. The number of allylic oxidation sites excluding steroid dienone is 2. The van der Waals surface area contributed by atoms with E-state index in [2.05, 4.69) is 43.4 Å². The van der Waals surface area contributed by atoms with E-state index in [0.29, 0.717) is 44.5 Å². The highest BCUT2D eigenvalue weighted by atomic mass is 16.5. The van der Waals surface area contributed by atoms with Gasteiger partial charge in [0.15, 0.2) is 5.78 Å². The number of ether oxygens (including phenoxy) is 1. The molecule has 7 nitrogen and oxygen atoms in total. The highest BCUT2D eigenvalue weighted by Crippen LogP contribution is 2.59. The molecule has 4 aliphatic rings. The highest BCUT2D eigenvalue weighted by Gasteiger charge is 2.57. The predicted octanol–water partition coefficient (Wildman–Crippen LogP) is 8.06. The molecule has 2 bridgehead atoms. The summed E-state index contributed by atoms with van der Waals surface area (Å²) in [5.41, 5.74) is 3.00. The zero-order chi connectivity index (χ0) is 33.4. The molecule has 0 spiro atoms. The molecule has 3 N–H and O–H groups in total. The number of Topliss-reactive ketones (excluding diaryl/α,β-unsaturated/α-hetero) is 1. The number of aliphatic hydroxyl groups excluding tert-OH is 1. The first-order chi connectivity index (χ1) is 22.6. The van der Waals surface area contributed by atoms with Crippen LogP contribution in [0, 0.1) is 11.3 Å². The van der Waals surface area contributed by atoms with Gasteiger partial charge in [-0.2, -0.15) is 0 Å². The molecule has 4 atom stereocenters. The first-order valence-electron chi connectivity index (χ1n) is 18.0. The summed E-state index contributed by atoms with van der Waals surface area (Å²) < 4.78 is 5.33. The average Bonchev–Trinajstić information content (AvgIpc) is 3.32. The van der Waals surface area contributed by atoms with Gasteiger partial charge in [-0.25, -0.2) is 4.79 Å². The van der Waals surface area contributed by atoms with Crippen molar-refractivity contribution in [3.8, 4) is 0 Å². The second kappa shape index (κ2) is 15.9. The number of para-hydroxylation sites is 1. The lowest BCUT2D eigenvalue weighted by molar-refractivity contribution is -0.0767. The van der Waals surface area contributed by atoms with Crippen LogP contribution < -0.4 is 5.32 Å². The van der Waals surface area contributed by atoms with Gasteiger partial charge < -0.3 is 25.2 Å². The molecular weight excluding hydrogens is 588 g/mol. The van der Waals surface area contributed by atoms with Gasteiger partial charge in [0, 0.05) is 42.8 Å². The van der Waals surface area contributed by atoms with E-state index in [1.807, 2.05) is 30.3 Å². The number of aliphatic hydroxyl groups is 2.